The molecule has 0 saturated heterocycles. The lowest BCUT2D eigenvalue weighted by molar-refractivity contribution is 0.196. The highest BCUT2D eigenvalue weighted by Crippen LogP contribution is 2.30. The molecule has 0 amide bonds. The lowest BCUT2D eigenvalue weighted by atomic mass is 9.96. The van der Waals surface area contributed by atoms with Crippen LogP contribution in [0, 0.1) is 0 Å². The zero-order valence-corrected chi connectivity index (χ0v) is 11.7. The maximum Gasteiger partial charge on any atom is 0.0628 e. The average Bonchev–Trinajstić information content (AvgIpc) is 2.22. The first-order valence-corrected chi connectivity index (χ1v) is 7.60. The molecule has 1 aliphatic carbocycles. The van der Waals surface area contributed by atoms with Gasteiger partial charge < -0.3 is 10.4 Å². The van der Waals surface area contributed by atoms with Crippen LogP contribution in [0.1, 0.15) is 52.4 Å². The van der Waals surface area contributed by atoms with Crippen molar-refractivity contribution in [2.45, 2.75) is 75.0 Å². The molecule has 0 heterocycles. The molecule has 0 aliphatic heterocycles. The molecule has 0 radical (unpaired) electrons. The Morgan fingerprint density at radius 1 is 1.12 bits per heavy atom. The van der Waals surface area contributed by atoms with E-state index in [1.165, 1.54) is 38.5 Å². The maximum atomic E-state index is 9.60. The van der Waals surface area contributed by atoms with Crippen LogP contribution in [0.25, 0.3) is 0 Å². The molecule has 16 heavy (non-hydrogen) atoms. The number of aliphatic hydroxyl groups excluding tert-OH is 1. The van der Waals surface area contributed by atoms with E-state index < -0.39 is 0 Å². The number of aliphatic hydroxyl groups is 1. The van der Waals surface area contributed by atoms with Gasteiger partial charge in [0, 0.05) is 16.5 Å². The average molecular weight is 245 g/mol. The van der Waals surface area contributed by atoms with Crippen LogP contribution in [-0.2, 0) is 0 Å². The predicted molar refractivity (Wildman–Crippen MR) is 73.1 cm³/mol. The molecule has 1 saturated carbocycles. The van der Waals surface area contributed by atoms with Crippen LogP contribution in [0.5, 0.6) is 0 Å². The van der Waals surface area contributed by atoms with Crippen LogP contribution >= 0.6 is 11.8 Å². The van der Waals surface area contributed by atoms with Gasteiger partial charge in [-0.2, -0.15) is 11.8 Å². The van der Waals surface area contributed by atoms with Crippen LogP contribution < -0.4 is 5.32 Å². The SMILES string of the molecule is CNC1CCCCCCC1SC(C)C(C)O. The Morgan fingerprint density at radius 2 is 1.75 bits per heavy atom. The molecule has 3 heteroatoms. The monoisotopic (exact) mass is 245 g/mol. The molecule has 2 N–H and O–H groups in total. The van der Waals surface area contributed by atoms with Gasteiger partial charge in [-0.3, -0.25) is 0 Å². The summed E-state index contributed by atoms with van der Waals surface area (Å²) >= 11 is 1.97. The minimum absolute atomic E-state index is 0.201. The Balaban J connectivity index is 2.49. The van der Waals surface area contributed by atoms with Crippen molar-refractivity contribution in [1.82, 2.24) is 5.32 Å². The van der Waals surface area contributed by atoms with Gasteiger partial charge in [0.05, 0.1) is 6.10 Å². The minimum Gasteiger partial charge on any atom is -0.392 e. The molecule has 0 bridgehead atoms. The Hall–Kier alpha value is 0.270. The molecule has 2 nitrogen and oxygen atoms in total. The van der Waals surface area contributed by atoms with Crippen LogP contribution in [0.4, 0.5) is 0 Å². The maximum absolute atomic E-state index is 9.60. The van der Waals surface area contributed by atoms with Crippen molar-refractivity contribution in [3.63, 3.8) is 0 Å². The summed E-state index contributed by atoms with van der Waals surface area (Å²) in [6, 6.07) is 0.631. The first-order chi connectivity index (χ1) is 7.65. The molecule has 1 fully saturated rings. The van der Waals surface area contributed by atoms with Crippen molar-refractivity contribution in [2.24, 2.45) is 0 Å². The van der Waals surface area contributed by atoms with E-state index in [1.807, 2.05) is 18.7 Å². The Morgan fingerprint density at radius 3 is 2.31 bits per heavy atom. The molecule has 0 aromatic carbocycles. The topological polar surface area (TPSA) is 32.3 Å². The van der Waals surface area contributed by atoms with E-state index in [1.54, 1.807) is 0 Å². The molecule has 4 unspecified atom stereocenters. The van der Waals surface area contributed by atoms with E-state index in [2.05, 4.69) is 19.3 Å². The molecular formula is C13H27NOS. The van der Waals surface area contributed by atoms with Crippen molar-refractivity contribution >= 4 is 11.8 Å². The first kappa shape index (κ1) is 14.3. The summed E-state index contributed by atoms with van der Waals surface area (Å²) in [4.78, 5) is 0. The second-order valence-electron chi connectivity index (χ2n) is 5.01. The van der Waals surface area contributed by atoms with Gasteiger partial charge in [-0.1, -0.05) is 32.6 Å². The normalized spacial score (nSPS) is 31.5. The third-order valence-electron chi connectivity index (χ3n) is 3.64. The third kappa shape index (κ3) is 4.64. The van der Waals surface area contributed by atoms with Crippen LogP contribution in [-0.4, -0.2) is 34.8 Å². The highest BCUT2D eigenvalue weighted by atomic mass is 32.2. The lowest BCUT2D eigenvalue weighted by Gasteiger charge is -2.31. The van der Waals surface area contributed by atoms with Crippen LogP contribution in [0.3, 0.4) is 0 Å². The fourth-order valence-electron chi connectivity index (χ4n) is 2.33. The summed E-state index contributed by atoms with van der Waals surface area (Å²) in [7, 11) is 2.08. The molecular weight excluding hydrogens is 218 g/mol. The van der Waals surface area contributed by atoms with E-state index in [4.69, 9.17) is 0 Å². The predicted octanol–water partition coefficient (Wildman–Crippen LogP) is 2.80. The summed E-state index contributed by atoms with van der Waals surface area (Å²) < 4.78 is 0. The van der Waals surface area contributed by atoms with Crippen molar-refractivity contribution in [3.8, 4) is 0 Å². The quantitative estimate of drug-likeness (QED) is 0.799. The molecule has 96 valence electrons. The molecule has 0 aromatic heterocycles. The fraction of sp³-hybridized carbons (Fsp3) is 1.00. The molecule has 1 aliphatic rings. The number of nitrogens with one attached hydrogen (secondary N) is 1. The zero-order valence-electron chi connectivity index (χ0n) is 10.9. The van der Waals surface area contributed by atoms with E-state index in [0.29, 0.717) is 16.5 Å². The van der Waals surface area contributed by atoms with Gasteiger partial charge in [-0.25, -0.2) is 0 Å². The zero-order chi connectivity index (χ0) is 12.0. The Bertz CT molecular complexity index is 187. The van der Waals surface area contributed by atoms with Gasteiger partial charge in [-0.05, 0) is 26.8 Å². The van der Waals surface area contributed by atoms with Crippen molar-refractivity contribution in [1.29, 1.82) is 0 Å². The van der Waals surface area contributed by atoms with E-state index in [0.717, 1.165) is 0 Å². The number of rotatable bonds is 4. The fourth-order valence-corrected chi connectivity index (χ4v) is 3.88. The second-order valence-corrected chi connectivity index (χ2v) is 6.63. The van der Waals surface area contributed by atoms with Gasteiger partial charge in [-0.15, -0.1) is 0 Å². The van der Waals surface area contributed by atoms with Crippen molar-refractivity contribution in [2.75, 3.05) is 7.05 Å². The molecule has 0 spiro atoms. The highest BCUT2D eigenvalue weighted by Gasteiger charge is 2.25. The summed E-state index contributed by atoms with van der Waals surface area (Å²) in [5.74, 6) is 0. The summed E-state index contributed by atoms with van der Waals surface area (Å²) in [6.45, 7) is 4.04. The van der Waals surface area contributed by atoms with E-state index in [-0.39, 0.29) is 6.10 Å². The number of thioether (sulfide) groups is 1. The van der Waals surface area contributed by atoms with Crippen molar-refractivity contribution < 1.29 is 5.11 Å². The minimum atomic E-state index is -0.201. The van der Waals surface area contributed by atoms with Gasteiger partial charge >= 0.3 is 0 Å². The summed E-state index contributed by atoms with van der Waals surface area (Å²) in [6.07, 6.45) is 7.87. The van der Waals surface area contributed by atoms with Gasteiger partial charge in [0.15, 0.2) is 0 Å². The largest absolute Gasteiger partial charge is 0.392 e. The van der Waals surface area contributed by atoms with Crippen LogP contribution in [0.15, 0.2) is 0 Å². The van der Waals surface area contributed by atoms with E-state index in [9.17, 15) is 5.11 Å². The number of hydrogen-bond acceptors (Lipinski definition) is 3. The Labute approximate surface area is 105 Å². The van der Waals surface area contributed by atoms with Crippen molar-refractivity contribution in [3.05, 3.63) is 0 Å². The third-order valence-corrected chi connectivity index (χ3v) is 5.38. The lowest BCUT2D eigenvalue weighted by Crippen LogP contribution is -2.38. The highest BCUT2D eigenvalue weighted by molar-refractivity contribution is 8.00. The number of hydrogen-bond donors (Lipinski definition) is 2. The van der Waals surface area contributed by atoms with Gasteiger partial charge in [0.2, 0.25) is 0 Å². The smallest absolute Gasteiger partial charge is 0.0628 e. The van der Waals surface area contributed by atoms with Gasteiger partial charge in [0.25, 0.3) is 0 Å². The molecule has 0 aromatic rings. The van der Waals surface area contributed by atoms with Gasteiger partial charge in [0.1, 0.15) is 0 Å². The molecule has 4 atom stereocenters. The summed E-state index contributed by atoms with van der Waals surface area (Å²) in [5, 5.41) is 14.1. The summed E-state index contributed by atoms with van der Waals surface area (Å²) in [5.41, 5.74) is 0. The van der Waals surface area contributed by atoms with E-state index >= 15 is 0 Å². The Kier molecular flexibility index (Phi) is 6.78. The second kappa shape index (κ2) is 7.57. The van der Waals surface area contributed by atoms with Crippen LogP contribution in [0.2, 0.25) is 0 Å². The molecule has 1 rings (SSSR count). The first-order valence-electron chi connectivity index (χ1n) is 6.66. The standard InChI is InChI=1S/C13H27NOS/c1-10(15)11(2)16-13-9-7-5-4-6-8-12(13)14-3/h10-15H,4-9H2,1-3H3.